The zero-order valence-corrected chi connectivity index (χ0v) is 15.0. The van der Waals surface area contributed by atoms with E-state index in [1.807, 2.05) is 0 Å². The summed E-state index contributed by atoms with van der Waals surface area (Å²) in [4.78, 5) is 15.7. The van der Waals surface area contributed by atoms with Gasteiger partial charge in [-0.05, 0) is 25.1 Å². The van der Waals surface area contributed by atoms with Crippen molar-refractivity contribution in [3.63, 3.8) is 0 Å². The number of ether oxygens (including phenoxy) is 2. The molecule has 1 aliphatic heterocycles. The minimum Gasteiger partial charge on any atom is -0.494 e. The maximum Gasteiger partial charge on any atom is 0.409 e. The number of hydrogen-bond acceptors (Lipinski definition) is 5. The Morgan fingerprint density at radius 3 is 2.73 bits per heavy atom. The van der Waals surface area contributed by atoms with Crippen LogP contribution in [0.5, 0.6) is 5.75 Å². The van der Waals surface area contributed by atoms with E-state index in [0.717, 1.165) is 29.9 Å². The molecule has 1 aliphatic rings. The van der Waals surface area contributed by atoms with E-state index < -0.39 is 5.82 Å². The summed E-state index contributed by atoms with van der Waals surface area (Å²) in [5, 5.41) is 7.07. The third-order valence-corrected chi connectivity index (χ3v) is 4.45. The summed E-state index contributed by atoms with van der Waals surface area (Å²) in [6, 6.07) is 4.85. The molecule has 140 valence electrons. The molecule has 1 aromatic heterocycles. The van der Waals surface area contributed by atoms with E-state index in [1.54, 1.807) is 30.2 Å². The summed E-state index contributed by atoms with van der Waals surface area (Å²) in [5.41, 5.74) is 2.50. The molecule has 0 spiro atoms. The smallest absolute Gasteiger partial charge is 0.409 e. The van der Waals surface area contributed by atoms with Gasteiger partial charge in [0.25, 0.3) is 0 Å². The first kappa shape index (κ1) is 18.2. The first-order valence-corrected chi connectivity index (χ1v) is 8.62. The molecule has 1 amide bonds. The van der Waals surface area contributed by atoms with Crippen molar-refractivity contribution in [2.75, 3.05) is 39.9 Å². The van der Waals surface area contributed by atoms with Gasteiger partial charge in [-0.15, -0.1) is 0 Å². The van der Waals surface area contributed by atoms with Crippen molar-refractivity contribution >= 4 is 6.09 Å². The fourth-order valence-electron chi connectivity index (χ4n) is 3.05. The Morgan fingerprint density at radius 1 is 1.31 bits per heavy atom. The van der Waals surface area contributed by atoms with E-state index in [2.05, 4.69) is 15.1 Å². The van der Waals surface area contributed by atoms with Crippen LogP contribution in [-0.4, -0.2) is 66.0 Å². The van der Waals surface area contributed by atoms with E-state index >= 15 is 0 Å². The van der Waals surface area contributed by atoms with Gasteiger partial charge in [0, 0.05) is 43.9 Å². The van der Waals surface area contributed by atoms with Crippen molar-refractivity contribution in [2.24, 2.45) is 0 Å². The lowest BCUT2D eigenvalue weighted by molar-refractivity contribution is 0.0779. The van der Waals surface area contributed by atoms with Gasteiger partial charge < -0.3 is 14.4 Å². The second-order valence-corrected chi connectivity index (χ2v) is 6.08. The molecule has 0 atom stereocenters. The number of nitrogens with one attached hydrogen (secondary N) is 1. The van der Waals surface area contributed by atoms with E-state index in [1.165, 1.54) is 13.2 Å². The summed E-state index contributed by atoms with van der Waals surface area (Å²) < 4.78 is 24.0. The quantitative estimate of drug-likeness (QED) is 0.885. The number of H-pyrrole nitrogens is 1. The van der Waals surface area contributed by atoms with Crippen molar-refractivity contribution in [1.82, 2.24) is 20.0 Å². The Bertz CT molecular complexity index is 757. The average molecular weight is 362 g/mol. The van der Waals surface area contributed by atoms with E-state index in [4.69, 9.17) is 9.47 Å². The molecule has 8 heteroatoms. The standard InChI is InChI=1S/C18H23FN4O3/c1-3-26-18(24)23-8-6-22(7-9-23)12-14-11-20-21-17(14)13-4-5-16(25-2)15(19)10-13/h4-5,10-11H,3,6-9,12H2,1-2H3,(H,20,21). The maximum atomic E-state index is 14.0. The largest absolute Gasteiger partial charge is 0.494 e. The Balaban J connectivity index is 1.65. The van der Waals surface area contributed by atoms with Crippen LogP contribution in [0, 0.1) is 5.82 Å². The molecular weight excluding hydrogens is 339 g/mol. The predicted molar refractivity (Wildman–Crippen MR) is 94.4 cm³/mol. The molecule has 26 heavy (non-hydrogen) atoms. The number of aromatic amines is 1. The molecule has 7 nitrogen and oxygen atoms in total. The second-order valence-electron chi connectivity index (χ2n) is 6.08. The van der Waals surface area contributed by atoms with Crippen LogP contribution in [0.25, 0.3) is 11.3 Å². The Labute approximate surface area is 151 Å². The number of rotatable bonds is 5. The van der Waals surface area contributed by atoms with Gasteiger partial charge in [0.05, 0.1) is 25.6 Å². The molecule has 1 aromatic carbocycles. The first-order chi connectivity index (χ1) is 12.6. The number of hydrogen-bond donors (Lipinski definition) is 1. The number of methoxy groups -OCH3 is 1. The highest BCUT2D eigenvalue weighted by Gasteiger charge is 2.23. The summed E-state index contributed by atoms with van der Waals surface area (Å²) in [6.07, 6.45) is 1.50. The summed E-state index contributed by atoms with van der Waals surface area (Å²) >= 11 is 0. The number of carbonyl (C=O) groups is 1. The van der Waals surface area contributed by atoms with Crippen molar-refractivity contribution in [1.29, 1.82) is 0 Å². The molecule has 0 aliphatic carbocycles. The predicted octanol–water partition coefficient (Wildman–Crippen LogP) is 2.50. The number of piperazine rings is 1. The van der Waals surface area contributed by atoms with Gasteiger partial charge in [-0.3, -0.25) is 10.00 Å². The number of nitrogens with zero attached hydrogens (tertiary/aromatic N) is 3. The molecule has 3 rings (SSSR count). The highest BCUT2D eigenvalue weighted by molar-refractivity contribution is 5.67. The lowest BCUT2D eigenvalue weighted by Gasteiger charge is -2.33. The van der Waals surface area contributed by atoms with Gasteiger partial charge in [-0.2, -0.15) is 5.10 Å². The molecule has 2 aromatic rings. The zero-order chi connectivity index (χ0) is 18.5. The van der Waals surface area contributed by atoms with Crippen LogP contribution in [-0.2, 0) is 11.3 Å². The minimum atomic E-state index is -0.409. The average Bonchev–Trinajstić information content (AvgIpc) is 3.10. The van der Waals surface area contributed by atoms with Crippen molar-refractivity contribution in [3.8, 4) is 17.0 Å². The van der Waals surface area contributed by atoms with Crippen molar-refractivity contribution in [3.05, 3.63) is 35.8 Å². The third-order valence-electron chi connectivity index (χ3n) is 4.45. The van der Waals surface area contributed by atoms with Crippen LogP contribution in [0.3, 0.4) is 0 Å². The van der Waals surface area contributed by atoms with Crippen LogP contribution in [0.2, 0.25) is 0 Å². The Morgan fingerprint density at radius 2 is 2.08 bits per heavy atom. The molecule has 0 bridgehead atoms. The molecule has 1 fully saturated rings. The van der Waals surface area contributed by atoms with Gasteiger partial charge in [0.2, 0.25) is 0 Å². The number of carbonyl (C=O) groups excluding carboxylic acids is 1. The molecule has 1 saturated heterocycles. The van der Waals surface area contributed by atoms with Crippen LogP contribution >= 0.6 is 0 Å². The SMILES string of the molecule is CCOC(=O)N1CCN(Cc2cn[nH]c2-c2ccc(OC)c(F)c2)CC1. The number of amides is 1. The normalized spacial score (nSPS) is 15.1. The highest BCUT2D eigenvalue weighted by Crippen LogP contribution is 2.27. The Kier molecular flexibility index (Phi) is 5.72. The number of aromatic nitrogens is 2. The van der Waals surface area contributed by atoms with E-state index in [0.29, 0.717) is 26.2 Å². The van der Waals surface area contributed by atoms with Crippen molar-refractivity contribution < 1.29 is 18.7 Å². The van der Waals surface area contributed by atoms with E-state index in [-0.39, 0.29) is 11.8 Å². The van der Waals surface area contributed by atoms with Gasteiger partial charge in [0.15, 0.2) is 11.6 Å². The molecule has 0 radical (unpaired) electrons. The topological polar surface area (TPSA) is 70.7 Å². The van der Waals surface area contributed by atoms with E-state index in [9.17, 15) is 9.18 Å². The number of halogens is 1. The highest BCUT2D eigenvalue weighted by atomic mass is 19.1. The van der Waals surface area contributed by atoms with Gasteiger partial charge >= 0.3 is 6.09 Å². The maximum absolute atomic E-state index is 14.0. The van der Waals surface area contributed by atoms with Crippen molar-refractivity contribution in [2.45, 2.75) is 13.5 Å². The molecule has 1 N–H and O–H groups in total. The van der Waals surface area contributed by atoms with Gasteiger partial charge in [-0.1, -0.05) is 0 Å². The molecule has 0 saturated carbocycles. The Hall–Kier alpha value is -2.61. The summed E-state index contributed by atoms with van der Waals surface area (Å²) in [7, 11) is 1.44. The zero-order valence-electron chi connectivity index (χ0n) is 15.0. The second kappa shape index (κ2) is 8.18. The molecule has 2 heterocycles. The van der Waals surface area contributed by atoms with Crippen LogP contribution in [0.15, 0.2) is 24.4 Å². The molecular formula is C18H23FN4O3. The monoisotopic (exact) mass is 362 g/mol. The third kappa shape index (κ3) is 3.96. The van der Waals surface area contributed by atoms with Gasteiger partial charge in [-0.25, -0.2) is 9.18 Å². The van der Waals surface area contributed by atoms with Crippen LogP contribution < -0.4 is 4.74 Å². The number of benzene rings is 1. The minimum absolute atomic E-state index is 0.213. The molecule has 0 unspecified atom stereocenters. The van der Waals surface area contributed by atoms with Crippen LogP contribution in [0.4, 0.5) is 9.18 Å². The lowest BCUT2D eigenvalue weighted by Crippen LogP contribution is -2.48. The summed E-state index contributed by atoms with van der Waals surface area (Å²) in [6.45, 7) is 5.62. The van der Waals surface area contributed by atoms with Gasteiger partial charge in [0.1, 0.15) is 0 Å². The first-order valence-electron chi connectivity index (χ1n) is 8.62. The lowest BCUT2D eigenvalue weighted by atomic mass is 10.1. The summed E-state index contributed by atoms with van der Waals surface area (Å²) in [5.74, 6) is -0.196. The fourth-order valence-corrected chi connectivity index (χ4v) is 3.05. The van der Waals surface area contributed by atoms with Crippen LogP contribution in [0.1, 0.15) is 12.5 Å². The fraction of sp³-hybridized carbons (Fsp3) is 0.444.